The van der Waals surface area contributed by atoms with Crippen LogP contribution in [0, 0.1) is 0 Å². The number of aromatic nitrogens is 2. The first-order valence-electron chi connectivity index (χ1n) is 8.79. The molecule has 0 aliphatic heterocycles. The molecule has 2 unspecified atom stereocenters. The molecule has 0 saturated heterocycles. The summed E-state index contributed by atoms with van der Waals surface area (Å²) in [4.78, 5) is 6.97. The average molecular weight is 464 g/mol. The molecular formula is C17H33IN6O. The molecule has 0 radical (unpaired) electrons. The highest BCUT2D eigenvalue weighted by atomic mass is 127. The van der Waals surface area contributed by atoms with Crippen LogP contribution in [0.5, 0.6) is 0 Å². The van der Waals surface area contributed by atoms with Gasteiger partial charge < -0.3 is 15.7 Å². The minimum atomic E-state index is -1.03. The number of rotatable bonds is 8. The predicted octanol–water partition coefficient (Wildman–Crippen LogP) is 1.28. The van der Waals surface area contributed by atoms with Gasteiger partial charge in [-0.05, 0) is 40.7 Å². The van der Waals surface area contributed by atoms with Gasteiger partial charge >= 0.3 is 0 Å². The van der Waals surface area contributed by atoms with E-state index in [2.05, 4.69) is 39.6 Å². The van der Waals surface area contributed by atoms with Crippen LogP contribution in [0.25, 0.3) is 0 Å². The molecule has 0 amide bonds. The van der Waals surface area contributed by atoms with Gasteiger partial charge in [0.15, 0.2) is 5.96 Å². The number of likely N-dealkylation sites (N-methyl/N-ethyl adjacent to an activating group) is 1. The lowest BCUT2D eigenvalue weighted by atomic mass is 10.0. The van der Waals surface area contributed by atoms with Gasteiger partial charge in [-0.3, -0.25) is 9.58 Å². The van der Waals surface area contributed by atoms with Crippen LogP contribution in [-0.2, 0) is 12.6 Å². The molecule has 1 aromatic heterocycles. The van der Waals surface area contributed by atoms with Crippen molar-refractivity contribution >= 4 is 29.9 Å². The zero-order chi connectivity index (χ0) is 17.7. The van der Waals surface area contributed by atoms with Gasteiger partial charge in [0.05, 0.1) is 12.7 Å². The molecule has 1 aliphatic carbocycles. The van der Waals surface area contributed by atoms with Gasteiger partial charge in [0.2, 0.25) is 0 Å². The van der Waals surface area contributed by atoms with E-state index in [0.717, 1.165) is 30.7 Å². The molecule has 1 saturated carbocycles. The number of nitrogens with one attached hydrogen (secondary N) is 2. The van der Waals surface area contributed by atoms with Crippen molar-refractivity contribution in [3.63, 3.8) is 0 Å². The third-order valence-electron chi connectivity index (χ3n) is 4.60. The Hall–Kier alpha value is -0.870. The van der Waals surface area contributed by atoms with E-state index in [1.807, 2.05) is 20.2 Å². The number of halogens is 1. The Morgan fingerprint density at radius 2 is 2.20 bits per heavy atom. The van der Waals surface area contributed by atoms with Gasteiger partial charge in [-0.1, -0.05) is 0 Å². The number of aliphatic imine (C=N–C) groups is 1. The first-order chi connectivity index (χ1) is 11.3. The van der Waals surface area contributed by atoms with Crippen LogP contribution in [0.1, 0.15) is 39.2 Å². The Kier molecular flexibility index (Phi) is 8.62. The second-order valence-electron chi connectivity index (χ2n) is 7.00. The number of aryl methyl sites for hydroxylation is 1. The number of guanidine groups is 1. The maximum absolute atomic E-state index is 10.6. The summed E-state index contributed by atoms with van der Waals surface area (Å²) < 4.78 is 1.69. The van der Waals surface area contributed by atoms with E-state index in [1.165, 1.54) is 12.8 Å². The summed E-state index contributed by atoms with van der Waals surface area (Å²) >= 11 is 0. The highest BCUT2D eigenvalue weighted by molar-refractivity contribution is 14.0. The van der Waals surface area contributed by atoms with Crippen molar-refractivity contribution in [3.05, 3.63) is 18.0 Å². The van der Waals surface area contributed by atoms with E-state index in [1.54, 1.807) is 17.8 Å². The Balaban J connectivity index is 0.00000312. The summed E-state index contributed by atoms with van der Waals surface area (Å²) in [5.41, 5.74) is -0.265. The van der Waals surface area contributed by atoms with Crippen molar-refractivity contribution < 1.29 is 5.11 Å². The van der Waals surface area contributed by atoms with Crippen LogP contribution in [0.2, 0.25) is 0 Å². The summed E-state index contributed by atoms with van der Waals surface area (Å²) in [6, 6.07) is 1.19. The second kappa shape index (κ2) is 9.72. The zero-order valence-electron chi connectivity index (χ0n) is 16.0. The van der Waals surface area contributed by atoms with Gasteiger partial charge in [-0.2, -0.15) is 5.10 Å². The first-order valence-corrected chi connectivity index (χ1v) is 8.79. The lowest BCUT2D eigenvalue weighted by molar-refractivity contribution is 0.0671. The van der Waals surface area contributed by atoms with Crippen LogP contribution >= 0.6 is 24.0 Å². The van der Waals surface area contributed by atoms with Crippen LogP contribution in [0.4, 0.5) is 0 Å². The van der Waals surface area contributed by atoms with Crippen molar-refractivity contribution in [2.75, 3.05) is 26.7 Å². The molecule has 1 aromatic rings. The SMILES string of the molecule is CCNC(=NCC(C)(O)c1cnn(C)c1)NCC(C)N(C)C1CC1.I. The lowest BCUT2D eigenvalue weighted by Gasteiger charge is -2.26. The second-order valence-corrected chi connectivity index (χ2v) is 7.00. The van der Waals surface area contributed by atoms with Crippen molar-refractivity contribution in [2.45, 2.75) is 51.3 Å². The zero-order valence-corrected chi connectivity index (χ0v) is 18.3. The lowest BCUT2D eigenvalue weighted by Crippen LogP contribution is -2.46. The van der Waals surface area contributed by atoms with Gasteiger partial charge in [0, 0.05) is 44.0 Å². The molecule has 1 heterocycles. The van der Waals surface area contributed by atoms with Crippen LogP contribution in [0.3, 0.4) is 0 Å². The number of hydrogen-bond donors (Lipinski definition) is 3. The predicted molar refractivity (Wildman–Crippen MR) is 112 cm³/mol. The van der Waals surface area contributed by atoms with E-state index in [9.17, 15) is 5.11 Å². The molecule has 2 rings (SSSR count). The summed E-state index contributed by atoms with van der Waals surface area (Å²) in [7, 11) is 4.02. The summed E-state index contributed by atoms with van der Waals surface area (Å²) in [6.07, 6.45) is 6.12. The van der Waals surface area contributed by atoms with E-state index in [-0.39, 0.29) is 30.5 Å². The third kappa shape index (κ3) is 6.74. The summed E-state index contributed by atoms with van der Waals surface area (Å²) in [6.45, 7) is 7.92. The smallest absolute Gasteiger partial charge is 0.191 e. The molecule has 2 atom stereocenters. The van der Waals surface area contributed by atoms with Gasteiger partial charge in [-0.25, -0.2) is 4.99 Å². The quantitative estimate of drug-likeness (QED) is 0.307. The molecule has 1 fully saturated rings. The molecule has 0 spiro atoms. The van der Waals surface area contributed by atoms with Crippen molar-refractivity contribution in [2.24, 2.45) is 12.0 Å². The molecule has 144 valence electrons. The van der Waals surface area contributed by atoms with Crippen molar-refractivity contribution in [3.8, 4) is 0 Å². The van der Waals surface area contributed by atoms with Crippen molar-refractivity contribution in [1.82, 2.24) is 25.3 Å². The fourth-order valence-corrected chi connectivity index (χ4v) is 2.60. The molecular weight excluding hydrogens is 431 g/mol. The fourth-order valence-electron chi connectivity index (χ4n) is 2.60. The average Bonchev–Trinajstić information content (AvgIpc) is 3.29. The minimum Gasteiger partial charge on any atom is -0.383 e. The van der Waals surface area contributed by atoms with Crippen LogP contribution in [-0.4, -0.2) is 64.5 Å². The van der Waals surface area contributed by atoms with E-state index < -0.39 is 5.60 Å². The Morgan fingerprint density at radius 1 is 1.52 bits per heavy atom. The van der Waals surface area contributed by atoms with Crippen molar-refractivity contribution in [1.29, 1.82) is 0 Å². The topological polar surface area (TPSA) is 77.7 Å². The molecule has 3 N–H and O–H groups in total. The first kappa shape index (κ1) is 22.2. The molecule has 0 aromatic carbocycles. The minimum absolute atomic E-state index is 0. The van der Waals surface area contributed by atoms with Gasteiger partial charge in [0.25, 0.3) is 0 Å². The number of hydrogen-bond acceptors (Lipinski definition) is 4. The number of nitrogens with zero attached hydrogens (tertiary/aromatic N) is 4. The molecule has 1 aliphatic rings. The normalized spacial score (nSPS) is 18.4. The molecule has 0 bridgehead atoms. The maximum atomic E-state index is 10.6. The highest BCUT2D eigenvalue weighted by Crippen LogP contribution is 2.26. The molecule has 8 heteroatoms. The van der Waals surface area contributed by atoms with E-state index in [0.29, 0.717) is 6.04 Å². The van der Waals surface area contributed by atoms with E-state index in [4.69, 9.17) is 0 Å². The standard InChI is InChI=1S/C17H32N6O.HI/c1-6-18-16(19-9-13(2)23(5)15-7-8-15)20-12-17(3,24)14-10-21-22(4)11-14;/h10-11,13,15,24H,6-9,12H2,1-5H3,(H2,18,19,20);1H. The Bertz CT molecular complexity index is 555. The van der Waals surface area contributed by atoms with Gasteiger partial charge in [-0.15, -0.1) is 24.0 Å². The fraction of sp³-hybridized carbons (Fsp3) is 0.765. The monoisotopic (exact) mass is 464 g/mol. The van der Waals surface area contributed by atoms with Crippen LogP contribution in [0.15, 0.2) is 17.4 Å². The summed E-state index contributed by atoms with van der Waals surface area (Å²) in [5.74, 6) is 0.734. The third-order valence-corrected chi connectivity index (χ3v) is 4.60. The molecule has 25 heavy (non-hydrogen) atoms. The summed E-state index contributed by atoms with van der Waals surface area (Å²) in [5, 5.41) is 21.4. The molecule has 7 nitrogen and oxygen atoms in total. The Morgan fingerprint density at radius 3 is 2.72 bits per heavy atom. The maximum Gasteiger partial charge on any atom is 0.191 e. The van der Waals surface area contributed by atoms with Gasteiger partial charge in [0.1, 0.15) is 5.60 Å². The van der Waals surface area contributed by atoms with E-state index >= 15 is 0 Å². The largest absolute Gasteiger partial charge is 0.383 e. The Labute approximate surface area is 168 Å². The number of aliphatic hydroxyl groups is 1. The highest BCUT2D eigenvalue weighted by Gasteiger charge is 2.29. The van der Waals surface area contributed by atoms with Crippen LogP contribution < -0.4 is 10.6 Å².